The predicted molar refractivity (Wildman–Crippen MR) is 71.1 cm³/mol. The summed E-state index contributed by atoms with van der Waals surface area (Å²) in [6.45, 7) is 0. The van der Waals surface area contributed by atoms with Gasteiger partial charge in [0, 0.05) is 5.56 Å². The van der Waals surface area contributed by atoms with Gasteiger partial charge in [0.05, 0.1) is 11.3 Å². The molecule has 0 aliphatic carbocycles. The van der Waals surface area contributed by atoms with Gasteiger partial charge in [0.25, 0.3) is 0 Å². The topological polar surface area (TPSA) is 84.3 Å². The van der Waals surface area contributed by atoms with E-state index in [4.69, 9.17) is 15.9 Å². The van der Waals surface area contributed by atoms with Crippen molar-refractivity contribution >= 4 is 11.4 Å². The highest BCUT2D eigenvalue weighted by molar-refractivity contribution is 5.96. The van der Waals surface area contributed by atoms with Crippen LogP contribution >= 0.6 is 0 Å². The molecule has 0 saturated carbocycles. The van der Waals surface area contributed by atoms with Gasteiger partial charge in [-0.2, -0.15) is 10.5 Å². The maximum Gasteiger partial charge on any atom is 0.140 e. The second-order valence-electron chi connectivity index (χ2n) is 3.68. The highest BCUT2D eigenvalue weighted by Gasteiger charge is 2.11. The molecule has 0 atom stereocenters. The zero-order valence-corrected chi connectivity index (χ0v) is 9.88. The summed E-state index contributed by atoms with van der Waals surface area (Å²) in [6.07, 6.45) is 0. The zero-order valence-electron chi connectivity index (χ0n) is 9.88. The monoisotopic (exact) mass is 244 g/mol. The molecular weight excluding hydrogens is 236 g/mol. The van der Waals surface area contributed by atoms with Crippen molar-refractivity contribution < 1.29 is 0 Å². The fourth-order valence-corrected chi connectivity index (χ4v) is 1.65. The van der Waals surface area contributed by atoms with Gasteiger partial charge >= 0.3 is 0 Å². The summed E-state index contributed by atoms with van der Waals surface area (Å²) in [5, 5.41) is 25.0. The first-order chi connectivity index (χ1) is 9.30. The fourth-order valence-electron chi connectivity index (χ4n) is 1.65. The van der Waals surface area contributed by atoms with Gasteiger partial charge in [0.15, 0.2) is 0 Å². The number of nitriles is 2. The summed E-state index contributed by atoms with van der Waals surface area (Å²) in [7, 11) is 0. The molecule has 1 aromatic heterocycles. The highest BCUT2D eigenvalue weighted by Crippen LogP contribution is 2.21. The van der Waals surface area contributed by atoms with Crippen molar-refractivity contribution in [3.05, 3.63) is 53.7 Å². The van der Waals surface area contributed by atoms with E-state index < -0.39 is 0 Å². The van der Waals surface area contributed by atoms with Crippen LogP contribution in [0.1, 0.15) is 11.3 Å². The van der Waals surface area contributed by atoms with Crippen LogP contribution in [0.4, 0.5) is 0 Å². The first-order valence-electron chi connectivity index (χ1n) is 5.47. The van der Waals surface area contributed by atoms with Crippen molar-refractivity contribution in [2.75, 3.05) is 0 Å². The van der Waals surface area contributed by atoms with Crippen molar-refractivity contribution in [1.82, 2.24) is 4.98 Å². The van der Waals surface area contributed by atoms with Crippen LogP contribution in [-0.2, 0) is 0 Å². The smallest absolute Gasteiger partial charge is 0.140 e. The van der Waals surface area contributed by atoms with E-state index >= 15 is 0 Å². The van der Waals surface area contributed by atoms with Gasteiger partial charge in [-0.25, -0.2) is 4.98 Å². The van der Waals surface area contributed by atoms with Gasteiger partial charge in [-0.15, -0.1) is 0 Å². The molecule has 88 valence electrons. The van der Waals surface area contributed by atoms with Crippen LogP contribution in [0.15, 0.2) is 42.5 Å². The number of nitrogens with one attached hydrogen (secondary N) is 1. The van der Waals surface area contributed by atoms with Gasteiger partial charge in [-0.3, -0.25) is 5.41 Å². The lowest BCUT2D eigenvalue weighted by Gasteiger charge is -2.04. The number of hydrogen-bond acceptors (Lipinski definition) is 4. The normalized spacial score (nSPS) is 8.95. The molecule has 4 heteroatoms. The van der Waals surface area contributed by atoms with Gasteiger partial charge < -0.3 is 0 Å². The minimum absolute atomic E-state index is 0.0469. The minimum atomic E-state index is -0.0469. The Morgan fingerprint density at radius 3 is 2.37 bits per heavy atom. The Morgan fingerprint density at radius 2 is 1.79 bits per heavy atom. The van der Waals surface area contributed by atoms with Crippen LogP contribution in [0.5, 0.6) is 0 Å². The van der Waals surface area contributed by atoms with Gasteiger partial charge in [0.1, 0.15) is 23.4 Å². The molecule has 1 N–H and O–H groups in total. The Labute approximate surface area is 110 Å². The van der Waals surface area contributed by atoms with Crippen LogP contribution < -0.4 is 0 Å². The number of allylic oxidation sites excluding steroid dienone is 1. The SMILES string of the molecule is N#CC(=C=N)c1nc(-c2ccccc2)ccc1C#N. The quantitative estimate of drug-likeness (QED) is 0.651. The molecule has 0 unspecified atom stereocenters. The highest BCUT2D eigenvalue weighted by atomic mass is 14.7. The van der Waals surface area contributed by atoms with E-state index in [1.807, 2.05) is 48.3 Å². The summed E-state index contributed by atoms with van der Waals surface area (Å²) < 4.78 is 0. The van der Waals surface area contributed by atoms with Crippen molar-refractivity contribution in [3.63, 3.8) is 0 Å². The van der Waals surface area contributed by atoms with E-state index in [0.717, 1.165) is 5.56 Å². The molecule has 0 aliphatic heterocycles. The number of hydrogen-bond donors (Lipinski definition) is 1. The third-order valence-corrected chi connectivity index (χ3v) is 2.56. The third kappa shape index (κ3) is 2.40. The zero-order chi connectivity index (χ0) is 13.7. The van der Waals surface area contributed by atoms with Crippen LogP contribution in [-0.4, -0.2) is 10.9 Å². The molecule has 1 heterocycles. The third-order valence-electron chi connectivity index (χ3n) is 2.56. The second-order valence-corrected chi connectivity index (χ2v) is 3.68. The number of rotatable bonds is 2. The standard InChI is InChI=1S/C15H8N4/c16-8-12-6-7-14(11-4-2-1-3-5-11)19-15(12)13(9-17)10-18/h1-7,17H. The molecule has 0 amide bonds. The second kappa shape index (κ2) is 5.42. The van der Waals surface area contributed by atoms with E-state index in [2.05, 4.69) is 4.98 Å². The van der Waals surface area contributed by atoms with Crippen LogP contribution in [0.3, 0.4) is 0 Å². The maximum absolute atomic E-state index is 9.02. The van der Waals surface area contributed by atoms with E-state index in [-0.39, 0.29) is 16.8 Å². The molecule has 19 heavy (non-hydrogen) atoms. The van der Waals surface area contributed by atoms with Crippen molar-refractivity contribution in [2.45, 2.75) is 0 Å². The lowest BCUT2D eigenvalue weighted by molar-refractivity contribution is 1.26. The molecular formula is C15H8N4. The lowest BCUT2D eigenvalue weighted by atomic mass is 10.1. The average Bonchev–Trinajstić information content (AvgIpc) is 2.49. The number of nitrogens with zero attached hydrogens (tertiary/aromatic N) is 3. The van der Waals surface area contributed by atoms with E-state index in [0.29, 0.717) is 5.69 Å². The summed E-state index contributed by atoms with van der Waals surface area (Å²) in [5.41, 5.74) is 1.94. The first kappa shape index (κ1) is 12.3. The Bertz CT molecular complexity index is 742. The molecule has 0 saturated heterocycles. The molecule has 1 aromatic carbocycles. The van der Waals surface area contributed by atoms with E-state index in [1.54, 1.807) is 12.1 Å². The summed E-state index contributed by atoms with van der Waals surface area (Å²) in [5.74, 6) is 2.01. The number of benzene rings is 1. The Balaban J connectivity index is 2.65. The minimum Gasteiger partial charge on any atom is -0.257 e. The largest absolute Gasteiger partial charge is 0.257 e. The average molecular weight is 244 g/mol. The summed E-state index contributed by atoms with van der Waals surface area (Å²) >= 11 is 0. The molecule has 0 radical (unpaired) electrons. The van der Waals surface area contributed by atoms with E-state index in [9.17, 15) is 0 Å². The molecule has 0 bridgehead atoms. The molecule has 2 rings (SSSR count). The van der Waals surface area contributed by atoms with Crippen molar-refractivity contribution in [1.29, 1.82) is 15.9 Å². The van der Waals surface area contributed by atoms with Gasteiger partial charge in [-0.1, -0.05) is 30.3 Å². The fraction of sp³-hybridized carbons (Fsp3) is 0. The lowest BCUT2D eigenvalue weighted by Crippen LogP contribution is -1.96. The van der Waals surface area contributed by atoms with Crippen molar-refractivity contribution in [2.24, 2.45) is 0 Å². The Kier molecular flexibility index (Phi) is 3.50. The number of pyridine rings is 1. The molecule has 0 fully saturated rings. The predicted octanol–water partition coefficient (Wildman–Crippen LogP) is 2.78. The Hall–Kier alpha value is -3.20. The Morgan fingerprint density at radius 1 is 1.05 bits per heavy atom. The van der Waals surface area contributed by atoms with Crippen LogP contribution in [0.25, 0.3) is 16.8 Å². The van der Waals surface area contributed by atoms with Crippen LogP contribution in [0, 0.1) is 28.1 Å². The summed E-state index contributed by atoms with van der Waals surface area (Å²) in [6, 6.07) is 16.5. The van der Waals surface area contributed by atoms with Gasteiger partial charge in [0.2, 0.25) is 0 Å². The molecule has 0 spiro atoms. The first-order valence-corrected chi connectivity index (χ1v) is 5.47. The van der Waals surface area contributed by atoms with E-state index in [1.165, 1.54) is 0 Å². The van der Waals surface area contributed by atoms with Crippen LogP contribution in [0.2, 0.25) is 0 Å². The van der Waals surface area contributed by atoms with Gasteiger partial charge in [-0.05, 0) is 18.0 Å². The molecule has 4 nitrogen and oxygen atoms in total. The number of aromatic nitrogens is 1. The molecule has 2 aromatic rings. The maximum atomic E-state index is 9.02. The summed E-state index contributed by atoms with van der Waals surface area (Å²) in [4.78, 5) is 4.29. The molecule has 0 aliphatic rings. The van der Waals surface area contributed by atoms with Crippen molar-refractivity contribution in [3.8, 4) is 23.4 Å².